The second kappa shape index (κ2) is 10.5. The molecule has 0 aliphatic rings. The van der Waals surface area contributed by atoms with Crippen LogP contribution in [0.1, 0.15) is 84.5 Å². The van der Waals surface area contributed by atoms with Gasteiger partial charge >= 0.3 is 0 Å². The molecule has 0 aromatic rings. The molecule has 0 aliphatic heterocycles. The average Bonchev–Trinajstić information content (AvgIpc) is 2.19. The number of thiol groups is 1. The Morgan fingerprint density at radius 1 is 0.812 bits per heavy atom. The molecule has 1 nitrogen and oxygen atoms in total. The van der Waals surface area contributed by atoms with Crippen molar-refractivity contribution >= 4 is 12.6 Å². The number of aliphatic hydroxyl groups is 1. The molecule has 0 radical (unpaired) electrons. The summed E-state index contributed by atoms with van der Waals surface area (Å²) >= 11 is 4.10. The standard InChI is InChI=1S/C14H30OS/c1-3-4-5-6-7-8-9-10-11-12-13-14(2,15)16/h15-16H,3-13H2,1-2H3. The van der Waals surface area contributed by atoms with Crippen LogP contribution in [0.3, 0.4) is 0 Å². The molecule has 1 unspecified atom stereocenters. The predicted octanol–water partition coefficient (Wildman–Crippen LogP) is 4.94. The summed E-state index contributed by atoms with van der Waals surface area (Å²) in [7, 11) is 0. The zero-order chi connectivity index (χ0) is 12.3. The highest BCUT2D eigenvalue weighted by Gasteiger charge is 2.11. The highest BCUT2D eigenvalue weighted by Crippen LogP contribution is 2.19. The topological polar surface area (TPSA) is 20.2 Å². The normalized spacial score (nSPS) is 15.0. The smallest absolute Gasteiger partial charge is 0.104 e. The molecule has 0 bridgehead atoms. The lowest BCUT2D eigenvalue weighted by molar-refractivity contribution is 0.146. The fraction of sp³-hybridized carbons (Fsp3) is 1.00. The van der Waals surface area contributed by atoms with Gasteiger partial charge < -0.3 is 5.11 Å². The van der Waals surface area contributed by atoms with E-state index in [0.29, 0.717) is 0 Å². The summed E-state index contributed by atoms with van der Waals surface area (Å²) in [5, 5.41) is 9.41. The fourth-order valence-corrected chi connectivity index (χ4v) is 2.11. The Labute approximate surface area is 107 Å². The summed E-state index contributed by atoms with van der Waals surface area (Å²) < 4.78 is 0. The monoisotopic (exact) mass is 246 g/mol. The van der Waals surface area contributed by atoms with Gasteiger partial charge in [0.25, 0.3) is 0 Å². The van der Waals surface area contributed by atoms with Gasteiger partial charge in [-0.15, -0.1) is 12.6 Å². The molecule has 0 spiro atoms. The lowest BCUT2D eigenvalue weighted by atomic mass is 10.0. The molecule has 0 fully saturated rings. The molecular formula is C14H30OS. The summed E-state index contributed by atoms with van der Waals surface area (Å²) in [6.45, 7) is 4.03. The Balaban J connectivity index is 2.99. The molecule has 0 heterocycles. The zero-order valence-electron chi connectivity index (χ0n) is 11.2. The molecule has 0 aromatic carbocycles. The molecule has 16 heavy (non-hydrogen) atoms. The maximum atomic E-state index is 9.41. The molecule has 1 N–H and O–H groups in total. The number of rotatable bonds is 11. The third-order valence-corrected chi connectivity index (χ3v) is 3.23. The van der Waals surface area contributed by atoms with E-state index in [4.69, 9.17) is 0 Å². The first-order valence-electron chi connectivity index (χ1n) is 7.01. The molecule has 1 atom stereocenters. The maximum Gasteiger partial charge on any atom is 0.104 e. The van der Waals surface area contributed by atoms with Crippen molar-refractivity contribution in [2.75, 3.05) is 0 Å². The van der Waals surface area contributed by atoms with E-state index in [1.807, 2.05) is 0 Å². The highest BCUT2D eigenvalue weighted by atomic mass is 32.1. The van der Waals surface area contributed by atoms with Gasteiger partial charge in [0.2, 0.25) is 0 Å². The molecular weight excluding hydrogens is 216 g/mol. The molecule has 0 aliphatic carbocycles. The first-order chi connectivity index (χ1) is 7.56. The number of unbranched alkanes of at least 4 members (excludes halogenated alkanes) is 9. The zero-order valence-corrected chi connectivity index (χ0v) is 12.1. The van der Waals surface area contributed by atoms with Gasteiger partial charge in [0.05, 0.1) is 0 Å². The minimum Gasteiger partial charge on any atom is -0.380 e. The minimum absolute atomic E-state index is 0.764. The van der Waals surface area contributed by atoms with Gasteiger partial charge in [-0.1, -0.05) is 64.7 Å². The van der Waals surface area contributed by atoms with Crippen molar-refractivity contribution in [1.29, 1.82) is 0 Å². The number of hydrogen-bond donors (Lipinski definition) is 2. The molecule has 0 aromatic heterocycles. The first kappa shape index (κ1) is 16.3. The van der Waals surface area contributed by atoms with Gasteiger partial charge in [-0.2, -0.15) is 0 Å². The van der Waals surface area contributed by atoms with E-state index in [1.165, 1.54) is 57.8 Å². The third kappa shape index (κ3) is 14.3. The van der Waals surface area contributed by atoms with Crippen LogP contribution in [0.5, 0.6) is 0 Å². The minimum atomic E-state index is -0.764. The van der Waals surface area contributed by atoms with E-state index < -0.39 is 4.93 Å². The third-order valence-electron chi connectivity index (χ3n) is 3.00. The summed E-state index contributed by atoms with van der Waals surface area (Å²) in [5.41, 5.74) is 0. The Bertz CT molecular complexity index is 140. The van der Waals surface area contributed by atoms with Crippen LogP contribution in [0.2, 0.25) is 0 Å². The quantitative estimate of drug-likeness (QED) is 0.301. The lowest BCUT2D eigenvalue weighted by Crippen LogP contribution is -2.14. The molecule has 0 rings (SSSR count). The van der Waals surface area contributed by atoms with E-state index in [9.17, 15) is 5.11 Å². The Morgan fingerprint density at radius 3 is 1.56 bits per heavy atom. The van der Waals surface area contributed by atoms with Crippen molar-refractivity contribution in [2.45, 2.75) is 89.4 Å². The first-order valence-corrected chi connectivity index (χ1v) is 7.46. The predicted molar refractivity (Wildman–Crippen MR) is 76.1 cm³/mol. The largest absolute Gasteiger partial charge is 0.380 e. The maximum absolute atomic E-state index is 9.41. The van der Waals surface area contributed by atoms with Gasteiger partial charge in [0, 0.05) is 0 Å². The summed E-state index contributed by atoms with van der Waals surface area (Å²) in [4.78, 5) is -0.764. The van der Waals surface area contributed by atoms with Crippen LogP contribution in [0, 0.1) is 0 Å². The van der Waals surface area contributed by atoms with E-state index in [1.54, 1.807) is 6.92 Å². The second-order valence-electron chi connectivity index (χ2n) is 5.15. The second-order valence-corrected chi connectivity index (χ2v) is 6.11. The van der Waals surface area contributed by atoms with Crippen LogP contribution in [0.4, 0.5) is 0 Å². The molecule has 2 heteroatoms. The molecule has 0 saturated heterocycles. The lowest BCUT2D eigenvalue weighted by Gasteiger charge is -2.15. The Kier molecular flexibility index (Phi) is 10.7. The van der Waals surface area contributed by atoms with Gasteiger partial charge in [-0.25, -0.2) is 0 Å². The van der Waals surface area contributed by atoms with Crippen molar-refractivity contribution in [2.24, 2.45) is 0 Å². The summed E-state index contributed by atoms with van der Waals surface area (Å²) in [5.74, 6) is 0. The van der Waals surface area contributed by atoms with Gasteiger partial charge in [-0.3, -0.25) is 0 Å². The SMILES string of the molecule is CCCCCCCCCCCCC(C)(O)S. The van der Waals surface area contributed by atoms with E-state index in [0.717, 1.165) is 12.8 Å². The van der Waals surface area contributed by atoms with E-state index >= 15 is 0 Å². The fourth-order valence-electron chi connectivity index (χ4n) is 1.95. The summed E-state index contributed by atoms with van der Waals surface area (Å²) in [6.07, 6.45) is 14.2. The average molecular weight is 246 g/mol. The molecule has 98 valence electrons. The van der Waals surface area contributed by atoms with Crippen LogP contribution in [-0.4, -0.2) is 10.0 Å². The van der Waals surface area contributed by atoms with Crippen LogP contribution in [0.15, 0.2) is 0 Å². The summed E-state index contributed by atoms with van der Waals surface area (Å²) in [6, 6.07) is 0. The van der Waals surface area contributed by atoms with Crippen LogP contribution < -0.4 is 0 Å². The van der Waals surface area contributed by atoms with Crippen LogP contribution >= 0.6 is 12.6 Å². The van der Waals surface area contributed by atoms with Crippen LogP contribution in [-0.2, 0) is 0 Å². The van der Waals surface area contributed by atoms with Crippen molar-refractivity contribution in [3.05, 3.63) is 0 Å². The van der Waals surface area contributed by atoms with E-state index in [-0.39, 0.29) is 0 Å². The molecule has 0 saturated carbocycles. The van der Waals surface area contributed by atoms with E-state index in [2.05, 4.69) is 19.6 Å². The molecule has 0 amide bonds. The number of hydrogen-bond acceptors (Lipinski definition) is 2. The Morgan fingerprint density at radius 2 is 1.19 bits per heavy atom. The highest BCUT2D eigenvalue weighted by molar-refractivity contribution is 7.81. The van der Waals surface area contributed by atoms with Gasteiger partial charge in [0.15, 0.2) is 0 Å². The van der Waals surface area contributed by atoms with Gasteiger partial charge in [0.1, 0.15) is 4.93 Å². The Hall–Kier alpha value is 0.310. The van der Waals surface area contributed by atoms with Crippen molar-refractivity contribution < 1.29 is 5.11 Å². The van der Waals surface area contributed by atoms with Crippen molar-refractivity contribution in [3.8, 4) is 0 Å². The van der Waals surface area contributed by atoms with Crippen molar-refractivity contribution in [3.63, 3.8) is 0 Å². The van der Waals surface area contributed by atoms with Gasteiger partial charge in [-0.05, 0) is 19.8 Å². The van der Waals surface area contributed by atoms with Crippen LogP contribution in [0.25, 0.3) is 0 Å². The van der Waals surface area contributed by atoms with Crippen molar-refractivity contribution in [1.82, 2.24) is 0 Å².